The van der Waals surface area contributed by atoms with Crippen LogP contribution in [0.2, 0.25) is 5.02 Å². The largest absolute Gasteiger partial charge is 0.497 e. The Morgan fingerprint density at radius 3 is 2.62 bits per heavy atom. The molecule has 0 unspecified atom stereocenters. The second-order valence-corrected chi connectivity index (χ2v) is 5.70. The summed E-state index contributed by atoms with van der Waals surface area (Å²) in [6, 6.07) is 8.48. The first-order chi connectivity index (χ1) is 11.4. The number of hydrogen-bond donors (Lipinski definition) is 1. The van der Waals surface area contributed by atoms with Crippen molar-refractivity contribution in [2.45, 2.75) is 13.8 Å². The molecule has 2 aromatic carbocycles. The zero-order valence-electron chi connectivity index (χ0n) is 13.7. The normalized spacial score (nSPS) is 10.2. The van der Waals surface area contributed by atoms with Crippen molar-refractivity contribution in [3.63, 3.8) is 0 Å². The van der Waals surface area contributed by atoms with Crippen molar-refractivity contribution in [2.75, 3.05) is 19.0 Å². The Kier molecular flexibility index (Phi) is 5.82. The van der Waals surface area contributed by atoms with Gasteiger partial charge in [-0.25, -0.2) is 0 Å². The van der Waals surface area contributed by atoms with Crippen LogP contribution in [0.5, 0.6) is 11.5 Å². The number of carbonyl (C=O) groups is 2. The van der Waals surface area contributed by atoms with Crippen LogP contribution < -0.4 is 14.8 Å². The maximum absolute atomic E-state index is 12.1. The molecule has 0 aliphatic heterocycles. The Labute approximate surface area is 145 Å². The fourth-order valence-electron chi connectivity index (χ4n) is 2.27. The van der Waals surface area contributed by atoms with E-state index >= 15 is 0 Å². The number of rotatable bonds is 6. The van der Waals surface area contributed by atoms with Gasteiger partial charge in [-0.15, -0.1) is 0 Å². The summed E-state index contributed by atoms with van der Waals surface area (Å²) in [5, 5.41) is 3.20. The topological polar surface area (TPSA) is 64.6 Å². The molecule has 0 heterocycles. The van der Waals surface area contributed by atoms with Crippen molar-refractivity contribution >= 4 is 29.5 Å². The van der Waals surface area contributed by atoms with Crippen LogP contribution in [-0.2, 0) is 4.79 Å². The Balaban J connectivity index is 2.05. The van der Waals surface area contributed by atoms with E-state index in [1.165, 1.54) is 7.11 Å². The molecule has 1 N–H and O–H groups in total. The number of aryl methyl sites for hydroxylation is 2. The summed E-state index contributed by atoms with van der Waals surface area (Å²) < 4.78 is 10.5. The molecule has 0 spiro atoms. The molecule has 1 amide bonds. The highest BCUT2D eigenvalue weighted by atomic mass is 35.5. The summed E-state index contributed by atoms with van der Waals surface area (Å²) in [6.45, 7) is 3.55. The van der Waals surface area contributed by atoms with E-state index in [9.17, 15) is 9.59 Å². The average molecular weight is 348 g/mol. The average Bonchev–Trinajstić information content (AvgIpc) is 2.56. The molecule has 126 valence electrons. The predicted molar refractivity (Wildman–Crippen MR) is 93.4 cm³/mol. The second-order valence-electron chi connectivity index (χ2n) is 5.30. The van der Waals surface area contributed by atoms with Crippen LogP contribution in [0.4, 0.5) is 5.69 Å². The minimum atomic E-state index is -0.364. The molecular formula is C18H18ClNO4. The Morgan fingerprint density at radius 2 is 2.00 bits per heavy atom. The molecule has 2 aromatic rings. The zero-order chi connectivity index (χ0) is 17.7. The lowest BCUT2D eigenvalue weighted by molar-refractivity contribution is -0.118. The monoisotopic (exact) mass is 347 g/mol. The molecule has 0 saturated carbocycles. The van der Waals surface area contributed by atoms with Gasteiger partial charge in [-0.05, 0) is 49.2 Å². The second kappa shape index (κ2) is 7.84. The number of benzene rings is 2. The van der Waals surface area contributed by atoms with E-state index in [1.54, 1.807) is 24.3 Å². The lowest BCUT2D eigenvalue weighted by atomic mass is 10.1. The summed E-state index contributed by atoms with van der Waals surface area (Å²) >= 11 is 6.16. The predicted octanol–water partition coefficient (Wildman–Crippen LogP) is 3.80. The van der Waals surface area contributed by atoms with Gasteiger partial charge < -0.3 is 14.8 Å². The van der Waals surface area contributed by atoms with E-state index in [0.29, 0.717) is 34.1 Å². The number of aldehydes is 1. The van der Waals surface area contributed by atoms with Gasteiger partial charge in [0.1, 0.15) is 11.5 Å². The molecule has 5 nitrogen and oxygen atoms in total. The number of anilines is 1. The van der Waals surface area contributed by atoms with E-state index < -0.39 is 0 Å². The first kappa shape index (κ1) is 17.8. The van der Waals surface area contributed by atoms with Gasteiger partial charge in [-0.1, -0.05) is 17.7 Å². The minimum absolute atomic E-state index is 0.239. The summed E-state index contributed by atoms with van der Waals surface area (Å²) in [4.78, 5) is 23.2. The van der Waals surface area contributed by atoms with E-state index in [1.807, 2.05) is 19.9 Å². The standard InChI is InChI=1S/C18H18ClNO4/c1-11-6-12(2)18(15(19)7-11)20-17(22)10-24-16-5-4-14(23-3)8-13(16)9-21/h4-9H,10H2,1-3H3,(H,20,22). The number of carbonyl (C=O) groups excluding carboxylic acids is 2. The summed E-state index contributed by atoms with van der Waals surface area (Å²) in [5.74, 6) is 0.486. The molecule has 0 radical (unpaired) electrons. The van der Waals surface area contributed by atoms with E-state index in [4.69, 9.17) is 21.1 Å². The minimum Gasteiger partial charge on any atom is -0.497 e. The Bertz CT molecular complexity index is 751. The molecule has 0 atom stereocenters. The van der Waals surface area contributed by atoms with Crippen LogP contribution in [0.3, 0.4) is 0 Å². The third-order valence-corrected chi connectivity index (χ3v) is 3.70. The van der Waals surface area contributed by atoms with Crippen LogP contribution in [-0.4, -0.2) is 25.9 Å². The smallest absolute Gasteiger partial charge is 0.262 e. The third kappa shape index (κ3) is 4.26. The van der Waals surface area contributed by atoms with Gasteiger partial charge in [0.25, 0.3) is 5.91 Å². The van der Waals surface area contributed by atoms with Crippen LogP contribution in [0, 0.1) is 13.8 Å². The van der Waals surface area contributed by atoms with Crippen molar-refractivity contribution in [2.24, 2.45) is 0 Å². The van der Waals surface area contributed by atoms with Crippen molar-refractivity contribution in [1.29, 1.82) is 0 Å². The van der Waals surface area contributed by atoms with E-state index in [-0.39, 0.29) is 12.5 Å². The van der Waals surface area contributed by atoms with Crippen LogP contribution in [0.1, 0.15) is 21.5 Å². The van der Waals surface area contributed by atoms with Gasteiger partial charge in [0, 0.05) is 0 Å². The van der Waals surface area contributed by atoms with Gasteiger partial charge in [-0.2, -0.15) is 0 Å². The molecule has 0 aliphatic rings. The van der Waals surface area contributed by atoms with Crippen molar-refractivity contribution < 1.29 is 19.1 Å². The maximum Gasteiger partial charge on any atom is 0.262 e. The molecule has 0 aliphatic carbocycles. The molecular weight excluding hydrogens is 330 g/mol. The van der Waals surface area contributed by atoms with Gasteiger partial charge >= 0.3 is 0 Å². The van der Waals surface area contributed by atoms with Gasteiger partial charge in [0.2, 0.25) is 0 Å². The first-order valence-electron chi connectivity index (χ1n) is 7.27. The maximum atomic E-state index is 12.1. The van der Waals surface area contributed by atoms with E-state index in [0.717, 1.165) is 11.1 Å². The lowest BCUT2D eigenvalue weighted by Gasteiger charge is -2.13. The molecule has 0 saturated heterocycles. The summed E-state index contributed by atoms with van der Waals surface area (Å²) in [6.07, 6.45) is 0.650. The lowest BCUT2D eigenvalue weighted by Crippen LogP contribution is -2.21. The summed E-state index contributed by atoms with van der Waals surface area (Å²) in [7, 11) is 1.51. The summed E-state index contributed by atoms with van der Waals surface area (Å²) in [5.41, 5.74) is 2.75. The molecule has 0 aromatic heterocycles. The number of hydrogen-bond acceptors (Lipinski definition) is 4. The van der Waals surface area contributed by atoms with Crippen molar-refractivity contribution in [3.05, 3.63) is 52.0 Å². The third-order valence-electron chi connectivity index (χ3n) is 3.40. The Hall–Kier alpha value is -2.53. The highest BCUT2D eigenvalue weighted by Gasteiger charge is 2.12. The van der Waals surface area contributed by atoms with Gasteiger partial charge in [-0.3, -0.25) is 9.59 Å². The van der Waals surface area contributed by atoms with Crippen LogP contribution in [0.15, 0.2) is 30.3 Å². The quantitative estimate of drug-likeness (QED) is 0.807. The molecule has 6 heteroatoms. The zero-order valence-corrected chi connectivity index (χ0v) is 14.4. The molecule has 24 heavy (non-hydrogen) atoms. The van der Waals surface area contributed by atoms with Crippen LogP contribution in [0.25, 0.3) is 0 Å². The van der Waals surface area contributed by atoms with Crippen molar-refractivity contribution in [3.8, 4) is 11.5 Å². The van der Waals surface area contributed by atoms with Crippen molar-refractivity contribution in [1.82, 2.24) is 0 Å². The van der Waals surface area contributed by atoms with Gasteiger partial charge in [0.15, 0.2) is 12.9 Å². The molecule has 2 rings (SSSR count). The SMILES string of the molecule is COc1ccc(OCC(=O)Nc2c(C)cc(C)cc2Cl)c(C=O)c1. The number of halogens is 1. The fraction of sp³-hybridized carbons (Fsp3) is 0.222. The fourth-order valence-corrected chi connectivity index (χ4v) is 2.64. The highest BCUT2D eigenvalue weighted by molar-refractivity contribution is 6.34. The first-order valence-corrected chi connectivity index (χ1v) is 7.65. The molecule has 0 bridgehead atoms. The van der Waals surface area contributed by atoms with Gasteiger partial charge in [0.05, 0.1) is 23.4 Å². The number of nitrogens with one attached hydrogen (secondary N) is 1. The molecule has 0 fully saturated rings. The highest BCUT2D eigenvalue weighted by Crippen LogP contribution is 2.27. The van der Waals surface area contributed by atoms with Crippen LogP contribution >= 0.6 is 11.6 Å². The number of methoxy groups -OCH3 is 1. The number of amides is 1. The Morgan fingerprint density at radius 1 is 1.25 bits per heavy atom. The number of ether oxygens (including phenoxy) is 2. The van der Waals surface area contributed by atoms with E-state index in [2.05, 4.69) is 5.32 Å².